The SMILES string of the molecule is FC(F)(Br)c1nc(I)no1. The summed E-state index contributed by atoms with van der Waals surface area (Å²) in [5.74, 6) is -0.725. The molecule has 0 N–H and O–H groups in total. The summed E-state index contributed by atoms with van der Waals surface area (Å²) in [5, 5.41) is 3.17. The Hall–Kier alpha value is 0.210. The van der Waals surface area contributed by atoms with Gasteiger partial charge in [0.1, 0.15) is 0 Å². The molecule has 1 heterocycles. The molecule has 1 aromatic heterocycles. The molecule has 7 heteroatoms. The molecule has 0 atom stereocenters. The Morgan fingerprint density at radius 2 is 2.20 bits per heavy atom. The lowest BCUT2D eigenvalue weighted by Gasteiger charge is -1.97. The number of hydrogen-bond acceptors (Lipinski definition) is 3. The first-order chi connectivity index (χ1) is 4.50. The summed E-state index contributed by atoms with van der Waals surface area (Å²) >= 11 is 3.74. The van der Waals surface area contributed by atoms with Gasteiger partial charge in [0.2, 0.25) is 3.83 Å². The molecule has 0 aliphatic heterocycles. The average Bonchev–Trinajstić information content (AvgIpc) is 2.11. The largest absolute Gasteiger partial charge is 0.378 e. The molecule has 0 aliphatic rings. The molecule has 0 amide bonds. The van der Waals surface area contributed by atoms with Crippen molar-refractivity contribution >= 4 is 38.5 Å². The Labute approximate surface area is 76.4 Å². The molecule has 1 aromatic rings. The highest BCUT2D eigenvalue weighted by molar-refractivity contribution is 14.1. The third-order valence-corrected chi connectivity index (χ3v) is 1.42. The van der Waals surface area contributed by atoms with Crippen molar-refractivity contribution in [2.75, 3.05) is 0 Å². The zero-order valence-corrected chi connectivity index (χ0v) is 8.06. The quantitative estimate of drug-likeness (QED) is 0.587. The summed E-state index contributed by atoms with van der Waals surface area (Å²) in [6.07, 6.45) is 0. The number of nitrogens with zero attached hydrogens (tertiary/aromatic N) is 2. The number of rotatable bonds is 1. The van der Waals surface area contributed by atoms with Gasteiger partial charge in [0.25, 0.3) is 0 Å². The van der Waals surface area contributed by atoms with E-state index < -0.39 is 10.7 Å². The lowest BCUT2D eigenvalue weighted by atomic mass is 10.7. The Morgan fingerprint density at radius 1 is 1.60 bits per heavy atom. The maximum Gasteiger partial charge on any atom is 0.378 e. The fourth-order valence-corrected chi connectivity index (χ4v) is 0.799. The van der Waals surface area contributed by atoms with E-state index in [4.69, 9.17) is 0 Å². The van der Waals surface area contributed by atoms with Crippen LogP contribution in [0.15, 0.2) is 4.52 Å². The van der Waals surface area contributed by atoms with Crippen molar-refractivity contribution in [1.82, 2.24) is 10.1 Å². The lowest BCUT2D eigenvalue weighted by molar-refractivity contribution is 0.0725. The first kappa shape index (κ1) is 8.31. The van der Waals surface area contributed by atoms with Gasteiger partial charge in [-0.05, 0) is 0 Å². The van der Waals surface area contributed by atoms with Crippen molar-refractivity contribution in [2.24, 2.45) is 0 Å². The highest BCUT2D eigenvalue weighted by Crippen LogP contribution is 2.32. The summed E-state index contributed by atoms with van der Waals surface area (Å²) < 4.78 is 28.7. The smallest absolute Gasteiger partial charge is 0.331 e. The number of hydrogen-bond donors (Lipinski definition) is 0. The predicted molar refractivity (Wildman–Crippen MR) is 39.8 cm³/mol. The van der Waals surface area contributed by atoms with Gasteiger partial charge in [-0.2, -0.15) is 13.8 Å². The van der Waals surface area contributed by atoms with Crippen LogP contribution in [0.1, 0.15) is 5.89 Å². The summed E-state index contributed by atoms with van der Waals surface area (Å²) in [5.41, 5.74) is 0. The van der Waals surface area contributed by atoms with Crippen LogP contribution in [0.25, 0.3) is 0 Å². The van der Waals surface area contributed by atoms with E-state index >= 15 is 0 Å². The summed E-state index contributed by atoms with van der Waals surface area (Å²) in [4.78, 5) is 0.0751. The molecule has 0 fully saturated rings. The molecular formula is C3BrF2IN2O. The van der Waals surface area contributed by atoms with Crippen LogP contribution >= 0.6 is 38.5 Å². The first-order valence-corrected chi connectivity index (χ1v) is 3.94. The van der Waals surface area contributed by atoms with Gasteiger partial charge in [-0.1, -0.05) is 5.16 Å². The van der Waals surface area contributed by atoms with Gasteiger partial charge in [-0.15, -0.1) is 0 Å². The average molecular weight is 325 g/mol. The molecule has 0 bridgehead atoms. The predicted octanol–water partition coefficient (Wildman–Crippen LogP) is 2.12. The minimum Gasteiger partial charge on any atom is -0.331 e. The van der Waals surface area contributed by atoms with Gasteiger partial charge < -0.3 is 4.52 Å². The van der Waals surface area contributed by atoms with Crippen molar-refractivity contribution in [3.63, 3.8) is 0 Å². The van der Waals surface area contributed by atoms with Gasteiger partial charge in [-0.3, -0.25) is 0 Å². The molecule has 3 nitrogen and oxygen atoms in total. The molecule has 0 aromatic carbocycles. The molecule has 0 saturated carbocycles. The normalized spacial score (nSPS) is 12.0. The van der Waals surface area contributed by atoms with Crippen LogP contribution in [0, 0.1) is 3.83 Å². The third-order valence-electron chi connectivity index (χ3n) is 0.644. The van der Waals surface area contributed by atoms with Crippen LogP contribution in [-0.4, -0.2) is 10.1 Å². The van der Waals surface area contributed by atoms with E-state index in [1.807, 2.05) is 0 Å². The molecule has 0 unspecified atom stereocenters. The Balaban J connectivity index is 2.96. The zero-order chi connectivity index (χ0) is 7.78. The van der Waals surface area contributed by atoms with E-state index in [1.54, 1.807) is 22.6 Å². The Bertz CT molecular complexity index is 235. The number of halogens is 4. The molecular weight excluding hydrogens is 325 g/mol. The maximum atomic E-state index is 12.2. The van der Waals surface area contributed by atoms with E-state index in [0.717, 1.165) is 0 Å². The summed E-state index contributed by atoms with van der Waals surface area (Å²) in [6.45, 7) is 0. The Morgan fingerprint density at radius 3 is 2.40 bits per heavy atom. The summed E-state index contributed by atoms with van der Waals surface area (Å²) in [6, 6.07) is 0. The van der Waals surface area contributed by atoms with E-state index in [0.29, 0.717) is 0 Å². The highest BCUT2D eigenvalue weighted by Gasteiger charge is 2.34. The third kappa shape index (κ3) is 1.84. The second kappa shape index (κ2) is 2.68. The Kier molecular flexibility index (Phi) is 2.23. The van der Waals surface area contributed by atoms with E-state index in [1.165, 1.54) is 0 Å². The minimum absolute atomic E-state index is 0.159. The monoisotopic (exact) mass is 324 g/mol. The van der Waals surface area contributed by atoms with Crippen molar-refractivity contribution in [2.45, 2.75) is 4.83 Å². The van der Waals surface area contributed by atoms with E-state index in [2.05, 4.69) is 30.6 Å². The fraction of sp³-hybridized carbons (Fsp3) is 0.333. The first-order valence-electron chi connectivity index (χ1n) is 2.06. The zero-order valence-electron chi connectivity index (χ0n) is 4.31. The van der Waals surface area contributed by atoms with Crippen molar-refractivity contribution in [3.05, 3.63) is 9.72 Å². The second-order valence-corrected chi connectivity index (χ2v) is 3.33. The minimum atomic E-state index is -3.22. The van der Waals surface area contributed by atoms with Crippen molar-refractivity contribution in [3.8, 4) is 0 Å². The number of alkyl halides is 3. The van der Waals surface area contributed by atoms with Gasteiger partial charge in [0, 0.05) is 38.5 Å². The lowest BCUT2D eigenvalue weighted by Crippen LogP contribution is -2.02. The molecule has 1 rings (SSSR count). The van der Waals surface area contributed by atoms with Crippen molar-refractivity contribution in [1.29, 1.82) is 0 Å². The van der Waals surface area contributed by atoms with Crippen LogP contribution in [0.4, 0.5) is 8.78 Å². The van der Waals surface area contributed by atoms with Gasteiger partial charge in [0.05, 0.1) is 0 Å². The van der Waals surface area contributed by atoms with Gasteiger partial charge in [0.15, 0.2) is 0 Å². The number of aromatic nitrogens is 2. The van der Waals surface area contributed by atoms with Crippen LogP contribution in [0.3, 0.4) is 0 Å². The van der Waals surface area contributed by atoms with E-state index in [9.17, 15) is 8.78 Å². The fourth-order valence-electron chi connectivity index (χ4n) is 0.321. The molecule has 56 valence electrons. The topological polar surface area (TPSA) is 38.9 Å². The standard InChI is InChI=1S/C3BrF2IN2O/c4-3(5,6)1-8-2(7)9-10-1. The van der Waals surface area contributed by atoms with Crippen molar-refractivity contribution < 1.29 is 13.3 Å². The summed E-state index contributed by atoms with van der Waals surface area (Å²) in [7, 11) is 0. The van der Waals surface area contributed by atoms with Gasteiger partial charge >= 0.3 is 10.7 Å². The van der Waals surface area contributed by atoms with Crippen LogP contribution < -0.4 is 0 Å². The van der Waals surface area contributed by atoms with E-state index in [-0.39, 0.29) is 3.83 Å². The van der Waals surface area contributed by atoms with Gasteiger partial charge in [-0.25, -0.2) is 0 Å². The molecule has 0 radical (unpaired) electrons. The highest BCUT2D eigenvalue weighted by atomic mass is 127. The molecule has 0 aliphatic carbocycles. The molecule has 10 heavy (non-hydrogen) atoms. The molecule has 0 saturated heterocycles. The second-order valence-electron chi connectivity index (χ2n) is 1.37. The van der Waals surface area contributed by atoms with Crippen LogP contribution in [-0.2, 0) is 4.83 Å². The van der Waals surface area contributed by atoms with Crippen LogP contribution in [0.5, 0.6) is 0 Å². The van der Waals surface area contributed by atoms with Crippen LogP contribution in [0.2, 0.25) is 0 Å². The maximum absolute atomic E-state index is 12.2. The molecule has 0 spiro atoms.